The van der Waals surface area contributed by atoms with Crippen LogP contribution in [0.25, 0.3) is 10.9 Å². The first kappa shape index (κ1) is 15.6. The third-order valence-electron chi connectivity index (χ3n) is 4.54. The molecule has 1 aliphatic rings. The lowest BCUT2D eigenvalue weighted by molar-refractivity contribution is 0.966. The van der Waals surface area contributed by atoms with Gasteiger partial charge in [0.15, 0.2) is 0 Å². The standard InChI is InChI=1S/C18H18N8O/c1-9-6-15(21-16-8-13(23-25-16)10-2-3-10)22-18(19-9)20-11-4-5-12-14(7-11)24-26-17(12)27/h4-8,10H,2-3H2,1H3,(H2,24,26,27)(H3,19,20,21,22,23,25). The molecular weight excluding hydrogens is 344 g/mol. The van der Waals surface area contributed by atoms with Gasteiger partial charge in [-0.05, 0) is 38.0 Å². The molecule has 5 rings (SSSR count). The van der Waals surface area contributed by atoms with Gasteiger partial charge < -0.3 is 10.6 Å². The molecule has 5 N–H and O–H groups in total. The molecule has 136 valence electrons. The van der Waals surface area contributed by atoms with Crippen molar-refractivity contribution in [1.82, 2.24) is 30.4 Å². The Labute approximate surface area is 153 Å². The number of rotatable bonds is 5. The Bertz CT molecular complexity index is 1180. The Kier molecular flexibility index (Phi) is 3.46. The molecule has 1 saturated carbocycles. The van der Waals surface area contributed by atoms with Crippen molar-refractivity contribution in [2.45, 2.75) is 25.7 Å². The zero-order valence-corrected chi connectivity index (χ0v) is 14.6. The van der Waals surface area contributed by atoms with Gasteiger partial charge in [0.1, 0.15) is 11.6 Å². The quantitative estimate of drug-likeness (QED) is 0.371. The predicted octanol–water partition coefficient (Wildman–Crippen LogP) is 3.04. The second-order valence-corrected chi connectivity index (χ2v) is 6.79. The van der Waals surface area contributed by atoms with Crippen LogP contribution in [0.2, 0.25) is 0 Å². The zero-order chi connectivity index (χ0) is 18.4. The molecule has 27 heavy (non-hydrogen) atoms. The van der Waals surface area contributed by atoms with Crippen molar-refractivity contribution in [3.8, 4) is 0 Å². The molecule has 0 bridgehead atoms. The Morgan fingerprint density at radius 1 is 1.07 bits per heavy atom. The number of benzene rings is 1. The summed E-state index contributed by atoms with van der Waals surface area (Å²) in [6.45, 7) is 1.91. The smallest absolute Gasteiger partial charge is 0.271 e. The first-order valence-corrected chi connectivity index (χ1v) is 8.79. The van der Waals surface area contributed by atoms with Gasteiger partial charge in [0.2, 0.25) is 5.95 Å². The first-order valence-electron chi connectivity index (χ1n) is 8.79. The fraction of sp³-hybridized carbons (Fsp3) is 0.222. The van der Waals surface area contributed by atoms with E-state index >= 15 is 0 Å². The third-order valence-corrected chi connectivity index (χ3v) is 4.54. The Morgan fingerprint density at radius 2 is 1.96 bits per heavy atom. The van der Waals surface area contributed by atoms with E-state index in [0.717, 1.165) is 28.4 Å². The van der Waals surface area contributed by atoms with Crippen LogP contribution in [0.1, 0.15) is 30.1 Å². The number of H-pyrrole nitrogens is 3. The highest BCUT2D eigenvalue weighted by Crippen LogP contribution is 2.39. The predicted molar refractivity (Wildman–Crippen MR) is 103 cm³/mol. The van der Waals surface area contributed by atoms with Crippen molar-refractivity contribution in [3.05, 3.63) is 52.1 Å². The SMILES string of the molecule is Cc1cc(Nc2cc(C3CC3)n[nH]2)nc(Nc2ccc3c(=O)[nH][nH]c3c2)n1. The van der Waals surface area contributed by atoms with E-state index in [1.807, 2.05) is 31.2 Å². The van der Waals surface area contributed by atoms with E-state index in [1.54, 1.807) is 6.07 Å². The zero-order valence-electron chi connectivity index (χ0n) is 14.6. The van der Waals surface area contributed by atoms with Gasteiger partial charge in [0.25, 0.3) is 5.56 Å². The molecule has 9 heteroatoms. The molecule has 9 nitrogen and oxygen atoms in total. The van der Waals surface area contributed by atoms with E-state index in [4.69, 9.17) is 0 Å². The molecule has 1 aliphatic carbocycles. The summed E-state index contributed by atoms with van der Waals surface area (Å²) >= 11 is 0. The van der Waals surface area contributed by atoms with Gasteiger partial charge in [-0.25, -0.2) is 4.98 Å². The Balaban J connectivity index is 1.39. The normalized spacial score (nSPS) is 13.8. The number of aromatic nitrogens is 6. The molecule has 0 spiro atoms. The molecule has 0 aliphatic heterocycles. The van der Waals surface area contributed by atoms with Gasteiger partial charge in [0.05, 0.1) is 16.6 Å². The van der Waals surface area contributed by atoms with E-state index in [1.165, 1.54) is 12.8 Å². The lowest BCUT2D eigenvalue weighted by atomic mass is 10.2. The van der Waals surface area contributed by atoms with Crippen molar-refractivity contribution in [2.75, 3.05) is 10.6 Å². The lowest BCUT2D eigenvalue weighted by Gasteiger charge is -2.09. The fourth-order valence-corrected chi connectivity index (χ4v) is 3.06. The van der Waals surface area contributed by atoms with E-state index in [2.05, 4.69) is 41.0 Å². The molecule has 1 fully saturated rings. The molecular formula is C18H18N8O. The average molecular weight is 362 g/mol. The molecule has 3 heterocycles. The highest BCUT2D eigenvalue weighted by atomic mass is 16.1. The first-order chi connectivity index (χ1) is 13.1. The van der Waals surface area contributed by atoms with Crippen LogP contribution in [0, 0.1) is 6.92 Å². The number of fused-ring (bicyclic) bond motifs is 1. The maximum absolute atomic E-state index is 11.6. The molecule has 4 aromatic rings. The van der Waals surface area contributed by atoms with Crippen LogP contribution in [-0.4, -0.2) is 30.4 Å². The van der Waals surface area contributed by atoms with Gasteiger partial charge in [-0.15, -0.1) is 0 Å². The summed E-state index contributed by atoms with van der Waals surface area (Å²) in [6.07, 6.45) is 2.42. The van der Waals surface area contributed by atoms with Crippen LogP contribution in [0.15, 0.2) is 35.1 Å². The largest absolute Gasteiger partial charge is 0.325 e. The van der Waals surface area contributed by atoms with Crippen LogP contribution in [-0.2, 0) is 0 Å². The lowest BCUT2D eigenvalue weighted by Crippen LogP contribution is -2.02. The summed E-state index contributed by atoms with van der Waals surface area (Å²) in [5, 5.41) is 19.8. The highest BCUT2D eigenvalue weighted by Gasteiger charge is 2.26. The van der Waals surface area contributed by atoms with Crippen molar-refractivity contribution in [1.29, 1.82) is 0 Å². The monoisotopic (exact) mass is 362 g/mol. The number of nitrogens with one attached hydrogen (secondary N) is 5. The minimum atomic E-state index is -0.139. The topological polar surface area (TPSA) is 127 Å². The van der Waals surface area contributed by atoms with Crippen LogP contribution in [0.4, 0.5) is 23.3 Å². The summed E-state index contributed by atoms with van der Waals surface area (Å²) in [7, 11) is 0. The number of aromatic amines is 3. The number of anilines is 4. The minimum absolute atomic E-state index is 0.139. The maximum atomic E-state index is 11.6. The minimum Gasteiger partial charge on any atom is -0.325 e. The van der Waals surface area contributed by atoms with Crippen molar-refractivity contribution in [3.63, 3.8) is 0 Å². The van der Waals surface area contributed by atoms with E-state index < -0.39 is 0 Å². The van der Waals surface area contributed by atoms with Crippen LogP contribution in [0.3, 0.4) is 0 Å². The van der Waals surface area contributed by atoms with E-state index in [-0.39, 0.29) is 5.56 Å². The third kappa shape index (κ3) is 3.14. The van der Waals surface area contributed by atoms with Gasteiger partial charge in [-0.2, -0.15) is 10.1 Å². The number of hydrogen-bond donors (Lipinski definition) is 5. The number of nitrogens with zero attached hydrogens (tertiary/aromatic N) is 3. The van der Waals surface area contributed by atoms with Gasteiger partial charge in [-0.1, -0.05) is 0 Å². The van der Waals surface area contributed by atoms with E-state index in [9.17, 15) is 4.79 Å². The molecule has 0 saturated heterocycles. The maximum Gasteiger partial charge on any atom is 0.271 e. The van der Waals surface area contributed by atoms with Gasteiger partial charge in [0, 0.05) is 29.4 Å². The molecule has 0 atom stereocenters. The molecule has 0 unspecified atom stereocenters. The Hall–Kier alpha value is -3.62. The summed E-state index contributed by atoms with van der Waals surface area (Å²) in [5.74, 6) is 2.55. The fourth-order valence-electron chi connectivity index (χ4n) is 3.06. The number of hydrogen-bond acceptors (Lipinski definition) is 6. The second kappa shape index (κ2) is 5.97. The Morgan fingerprint density at radius 3 is 2.81 bits per heavy atom. The van der Waals surface area contributed by atoms with Crippen molar-refractivity contribution >= 4 is 34.2 Å². The van der Waals surface area contributed by atoms with E-state index in [0.29, 0.717) is 23.1 Å². The van der Waals surface area contributed by atoms with Crippen LogP contribution < -0.4 is 16.2 Å². The molecule has 3 aromatic heterocycles. The summed E-state index contributed by atoms with van der Waals surface area (Å²) in [6, 6.07) is 9.31. The molecule has 0 radical (unpaired) electrons. The van der Waals surface area contributed by atoms with Crippen molar-refractivity contribution < 1.29 is 0 Å². The summed E-state index contributed by atoms with van der Waals surface area (Å²) < 4.78 is 0. The average Bonchev–Trinajstić information content (AvgIpc) is 3.28. The van der Waals surface area contributed by atoms with Gasteiger partial charge in [-0.3, -0.25) is 20.1 Å². The van der Waals surface area contributed by atoms with Gasteiger partial charge >= 0.3 is 0 Å². The second-order valence-electron chi connectivity index (χ2n) is 6.79. The highest BCUT2D eigenvalue weighted by molar-refractivity contribution is 5.82. The van der Waals surface area contributed by atoms with Crippen LogP contribution in [0.5, 0.6) is 0 Å². The molecule has 0 amide bonds. The van der Waals surface area contributed by atoms with Crippen LogP contribution >= 0.6 is 0 Å². The van der Waals surface area contributed by atoms with Crippen molar-refractivity contribution in [2.24, 2.45) is 0 Å². The number of aryl methyl sites for hydroxylation is 1. The molecule has 1 aromatic carbocycles. The summed E-state index contributed by atoms with van der Waals surface area (Å²) in [5.41, 5.74) is 3.29. The summed E-state index contributed by atoms with van der Waals surface area (Å²) in [4.78, 5) is 20.6.